The van der Waals surface area contributed by atoms with Crippen LogP contribution in [0, 0.1) is 0 Å². The van der Waals surface area contributed by atoms with E-state index in [2.05, 4.69) is 10.6 Å². The Kier molecular flexibility index (Phi) is 4.74. The van der Waals surface area contributed by atoms with Gasteiger partial charge in [-0.25, -0.2) is 0 Å². The molecule has 1 saturated heterocycles. The van der Waals surface area contributed by atoms with E-state index in [0.717, 1.165) is 19.5 Å². The monoisotopic (exact) mass is 275 g/mol. The number of hydrogen-bond donors (Lipinski definition) is 2. The lowest BCUT2D eigenvalue weighted by Gasteiger charge is -2.15. The van der Waals surface area contributed by atoms with Crippen molar-refractivity contribution in [3.05, 3.63) is 35.4 Å². The number of hydrogen-bond acceptors (Lipinski definition) is 3. The Morgan fingerprint density at radius 1 is 1.40 bits per heavy atom. The summed E-state index contributed by atoms with van der Waals surface area (Å²) in [5.74, 6) is -0.183. The van der Waals surface area contributed by atoms with Gasteiger partial charge in [0.2, 0.25) is 0 Å². The number of nitrogens with zero attached hydrogens (tertiary/aromatic N) is 1. The summed E-state index contributed by atoms with van der Waals surface area (Å²) in [4.78, 5) is 25.9. The fraction of sp³-hybridized carbons (Fsp3) is 0.467. The van der Waals surface area contributed by atoms with Crippen molar-refractivity contribution in [2.45, 2.75) is 19.4 Å². The van der Waals surface area contributed by atoms with Crippen LogP contribution in [-0.2, 0) is 0 Å². The first-order valence-electron chi connectivity index (χ1n) is 6.99. The summed E-state index contributed by atoms with van der Waals surface area (Å²) in [7, 11) is 1.75. The van der Waals surface area contributed by atoms with Crippen molar-refractivity contribution in [3.8, 4) is 0 Å². The molecule has 0 aliphatic carbocycles. The van der Waals surface area contributed by atoms with Crippen LogP contribution in [0.3, 0.4) is 0 Å². The molecular formula is C15H21N3O2. The zero-order valence-corrected chi connectivity index (χ0v) is 12.0. The van der Waals surface area contributed by atoms with E-state index in [4.69, 9.17) is 0 Å². The second kappa shape index (κ2) is 6.52. The maximum absolute atomic E-state index is 12.2. The Hall–Kier alpha value is -1.88. The zero-order valence-electron chi connectivity index (χ0n) is 12.0. The van der Waals surface area contributed by atoms with Crippen molar-refractivity contribution in [2.24, 2.45) is 0 Å². The molecule has 0 bridgehead atoms. The summed E-state index contributed by atoms with van der Waals surface area (Å²) in [6.45, 7) is 4.30. The van der Waals surface area contributed by atoms with Crippen molar-refractivity contribution < 1.29 is 9.59 Å². The summed E-state index contributed by atoms with van der Waals surface area (Å²) in [5.41, 5.74) is 1.08. The van der Waals surface area contributed by atoms with Crippen molar-refractivity contribution >= 4 is 11.8 Å². The molecule has 1 aliphatic rings. The predicted octanol–water partition coefficient (Wildman–Crippen LogP) is 0.870. The maximum Gasteiger partial charge on any atom is 0.253 e. The molecule has 2 N–H and O–H groups in total. The minimum Gasteiger partial charge on any atom is -0.348 e. The van der Waals surface area contributed by atoms with Gasteiger partial charge in [-0.2, -0.15) is 0 Å². The normalized spacial score (nSPS) is 17.8. The third kappa shape index (κ3) is 3.36. The highest BCUT2D eigenvalue weighted by Crippen LogP contribution is 2.09. The molecule has 1 atom stereocenters. The molecule has 108 valence electrons. The molecule has 0 saturated carbocycles. The predicted molar refractivity (Wildman–Crippen MR) is 77.8 cm³/mol. The Bertz CT molecular complexity index is 496. The molecule has 1 fully saturated rings. The van der Waals surface area contributed by atoms with Crippen LogP contribution in [0.1, 0.15) is 34.1 Å². The summed E-state index contributed by atoms with van der Waals surface area (Å²) in [6.07, 6.45) is 0.947. The zero-order chi connectivity index (χ0) is 14.5. The Morgan fingerprint density at radius 2 is 2.15 bits per heavy atom. The average molecular weight is 275 g/mol. The SMILES string of the molecule is CCN(C)C(=O)c1cccc(C(=O)NC2CCNC2)c1. The van der Waals surface area contributed by atoms with Crippen LogP contribution < -0.4 is 10.6 Å². The van der Waals surface area contributed by atoms with Gasteiger partial charge in [0, 0.05) is 37.3 Å². The highest BCUT2D eigenvalue weighted by Gasteiger charge is 2.18. The average Bonchev–Trinajstić information content (AvgIpc) is 2.98. The van der Waals surface area contributed by atoms with Gasteiger partial charge in [0.05, 0.1) is 0 Å². The van der Waals surface area contributed by atoms with E-state index in [1.54, 1.807) is 36.2 Å². The van der Waals surface area contributed by atoms with E-state index in [9.17, 15) is 9.59 Å². The van der Waals surface area contributed by atoms with Crippen LogP contribution in [0.15, 0.2) is 24.3 Å². The lowest BCUT2D eigenvalue weighted by Crippen LogP contribution is -2.36. The number of amides is 2. The third-order valence-electron chi connectivity index (χ3n) is 3.59. The summed E-state index contributed by atoms with van der Waals surface area (Å²) in [6, 6.07) is 7.06. The van der Waals surface area contributed by atoms with E-state index in [-0.39, 0.29) is 17.9 Å². The van der Waals surface area contributed by atoms with Crippen LogP contribution >= 0.6 is 0 Å². The molecule has 5 nitrogen and oxygen atoms in total. The molecule has 2 rings (SSSR count). The van der Waals surface area contributed by atoms with E-state index in [0.29, 0.717) is 17.7 Å². The Labute approximate surface area is 119 Å². The van der Waals surface area contributed by atoms with Crippen molar-refractivity contribution in [1.29, 1.82) is 0 Å². The van der Waals surface area contributed by atoms with Crippen LogP contribution in [-0.4, -0.2) is 49.4 Å². The number of carbonyl (C=O) groups excluding carboxylic acids is 2. The van der Waals surface area contributed by atoms with E-state index >= 15 is 0 Å². The lowest BCUT2D eigenvalue weighted by atomic mass is 10.1. The van der Waals surface area contributed by atoms with Crippen LogP contribution in [0.5, 0.6) is 0 Å². The van der Waals surface area contributed by atoms with Crippen LogP contribution in [0.25, 0.3) is 0 Å². The van der Waals surface area contributed by atoms with Crippen LogP contribution in [0.4, 0.5) is 0 Å². The van der Waals surface area contributed by atoms with Gasteiger partial charge in [0.25, 0.3) is 11.8 Å². The van der Waals surface area contributed by atoms with Gasteiger partial charge in [0.15, 0.2) is 0 Å². The molecule has 0 spiro atoms. The highest BCUT2D eigenvalue weighted by molar-refractivity contribution is 5.99. The molecule has 1 aromatic carbocycles. The molecular weight excluding hydrogens is 254 g/mol. The Morgan fingerprint density at radius 3 is 2.80 bits per heavy atom. The molecule has 20 heavy (non-hydrogen) atoms. The summed E-state index contributed by atoms with van der Waals surface area (Å²) >= 11 is 0. The standard InChI is InChI=1S/C15H21N3O2/c1-3-18(2)15(20)12-6-4-5-11(9-12)14(19)17-13-7-8-16-10-13/h4-6,9,13,16H,3,7-8,10H2,1-2H3,(H,17,19). The number of benzene rings is 1. The molecule has 0 radical (unpaired) electrons. The fourth-order valence-corrected chi connectivity index (χ4v) is 2.20. The largest absolute Gasteiger partial charge is 0.348 e. The van der Waals surface area contributed by atoms with Gasteiger partial charge in [-0.1, -0.05) is 6.07 Å². The van der Waals surface area contributed by atoms with E-state index in [1.165, 1.54) is 0 Å². The van der Waals surface area contributed by atoms with E-state index in [1.807, 2.05) is 6.92 Å². The van der Waals surface area contributed by atoms with Crippen molar-refractivity contribution in [3.63, 3.8) is 0 Å². The van der Waals surface area contributed by atoms with Crippen LogP contribution in [0.2, 0.25) is 0 Å². The summed E-state index contributed by atoms with van der Waals surface area (Å²) < 4.78 is 0. The first-order chi connectivity index (χ1) is 9.61. The third-order valence-corrected chi connectivity index (χ3v) is 3.59. The lowest BCUT2D eigenvalue weighted by molar-refractivity contribution is 0.0802. The maximum atomic E-state index is 12.2. The molecule has 1 aliphatic heterocycles. The molecule has 1 heterocycles. The van der Waals surface area contributed by atoms with Gasteiger partial charge in [-0.05, 0) is 38.1 Å². The quantitative estimate of drug-likeness (QED) is 0.857. The molecule has 2 amide bonds. The van der Waals surface area contributed by atoms with Gasteiger partial charge in [0.1, 0.15) is 0 Å². The van der Waals surface area contributed by atoms with Gasteiger partial charge in [-0.15, -0.1) is 0 Å². The fourth-order valence-electron chi connectivity index (χ4n) is 2.20. The Balaban J connectivity index is 2.08. The van der Waals surface area contributed by atoms with Crippen molar-refractivity contribution in [2.75, 3.05) is 26.7 Å². The minimum absolute atomic E-state index is 0.0651. The number of rotatable bonds is 4. The first kappa shape index (κ1) is 14.5. The first-order valence-corrected chi connectivity index (χ1v) is 6.99. The number of nitrogens with one attached hydrogen (secondary N) is 2. The smallest absolute Gasteiger partial charge is 0.253 e. The van der Waals surface area contributed by atoms with Gasteiger partial charge >= 0.3 is 0 Å². The van der Waals surface area contributed by atoms with Gasteiger partial charge in [-0.3, -0.25) is 9.59 Å². The second-order valence-corrected chi connectivity index (χ2v) is 5.06. The number of carbonyl (C=O) groups is 2. The molecule has 1 aromatic rings. The topological polar surface area (TPSA) is 61.4 Å². The van der Waals surface area contributed by atoms with E-state index < -0.39 is 0 Å². The molecule has 1 unspecified atom stereocenters. The minimum atomic E-state index is -0.118. The second-order valence-electron chi connectivity index (χ2n) is 5.06. The van der Waals surface area contributed by atoms with Crippen molar-refractivity contribution in [1.82, 2.24) is 15.5 Å². The molecule has 0 aromatic heterocycles. The highest BCUT2D eigenvalue weighted by atomic mass is 16.2. The molecule has 5 heteroatoms. The van der Waals surface area contributed by atoms with Gasteiger partial charge < -0.3 is 15.5 Å². The summed E-state index contributed by atoms with van der Waals surface area (Å²) in [5, 5.41) is 6.18.